The van der Waals surface area contributed by atoms with Crippen LogP contribution in [0.4, 0.5) is 0 Å². The molecule has 2 aliphatic heterocycles. The molecule has 1 fully saturated rings. The maximum absolute atomic E-state index is 12.5. The van der Waals surface area contributed by atoms with Crippen molar-refractivity contribution >= 4 is 23.4 Å². The Balaban J connectivity index is 1.99. The van der Waals surface area contributed by atoms with E-state index in [-0.39, 0.29) is 34.8 Å². The van der Waals surface area contributed by atoms with E-state index in [1.54, 1.807) is 6.92 Å². The summed E-state index contributed by atoms with van der Waals surface area (Å²) in [4.78, 5) is 24.7. The number of esters is 1. The Hall–Kier alpha value is -2.09. The van der Waals surface area contributed by atoms with Gasteiger partial charge in [-0.3, -0.25) is 4.79 Å². The van der Waals surface area contributed by atoms with Crippen molar-refractivity contribution in [2.24, 2.45) is 0 Å². The van der Waals surface area contributed by atoms with Crippen LogP contribution >= 0.6 is 11.6 Å². The number of carbonyl (C=O) groups is 2. The molecule has 0 radical (unpaired) electrons. The van der Waals surface area contributed by atoms with Crippen molar-refractivity contribution in [2.75, 3.05) is 0 Å². The number of cyclic esters (lactones) is 1. The summed E-state index contributed by atoms with van der Waals surface area (Å²) in [6.45, 7) is 1.68. The molecule has 0 aliphatic carbocycles. The van der Waals surface area contributed by atoms with E-state index in [0.29, 0.717) is 12.8 Å². The maximum Gasteiger partial charge on any atom is 0.342 e. The highest BCUT2D eigenvalue weighted by molar-refractivity contribution is 6.33. The van der Waals surface area contributed by atoms with Crippen molar-refractivity contribution in [1.82, 2.24) is 0 Å². The molecule has 0 amide bonds. The first-order valence-corrected chi connectivity index (χ1v) is 8.63. The minimum absolute atomic E-state index is 0.0249. The van der Waals surface area contributed by atoms with Gasteiger partial charge in [0.15, 0.2) is 5.78 Å². The predicted molar refractivity (Wildman–Crippen MR) is 91.4 cm³/mol. The van der Waals surface area contributed by atoms with Gasteiger partial charge in [-0.15, -0.1) is 0 Å². The van der Waals surface area contributed by atoms with Crippen molar-refractivity contribution in [3.63, 3.8) is 0 Å². The first kappa shape index (κ1) is 18.7. The summed E-state index contributed by atoms with van der Waals surface area (Å²) in [7, 11) is 0. The lowest BCUT2D eigenvalue weighted by atomic mass is 9.99. The normalized spacial score (nSPS) is 30.6. The van der Waals surface area contributed by atoms with Gasteiger partial charge in [0, 0.05) is 30.9 Å². The SMILES string of the molecule is C[C@H]1C[C@H]2O[C@@H]2C[C@H](O)/C=C/C(=O)Cc2c(Cl)c(O)cc(O)c2C(=O)O1. The zero-order valence-corrected chi connectivity index (χ0v) is 14.8. The van der Waals surface area contributed by atoms with Gasteiger partial charge < -0.3 is 24.8 Å². The quantitative estimate of drug-likeness (QED) is 0.463. The van der Waals surface area contributed by atoms with Crippen molar-refractivity contribution in [2.45, 2.75) is 50.6 Å². The van der Waals surface area contributed by atoms with Crippen molar-refractivity contribution in [1.29, 1.82) is 0 Å². The van der Waals surface area contributed by atoms with E-state index in [2.05, 4.69) is 0 Å². The lowest BCUT2D eigenvalue weighted by molar-refractivity contribution is -0.114. The lowest BCUT2D eigenvalue weighted by Crippen LogP contribution is -2.20. The molecule has 1 aromatic carbocycles. The monoisotopic (exact) mass is 382 g/mol. The molecule has 2 heterocycles. The Bertz CT molecular complexity index is 773. The van der Waals surface area contributed by atoms with E-state index in [0.717, 1.165) is 6.07 Å². The molecule has 2 aliphatic rings. The predicted octanol–water partition coefficient (Wildman–Crippen LogP) is 1.89. The van der Waals surface area contributed by atoms with Gasteiger partial charge in [-0.1, -0.05) is 17.7 Å². The third-order valence-electron chi connectivity index (χ3n) is 4.41. The summed E-state index contributed by atoms with van der Waals surface area (Å²) < 4.78 is 10.8. The summed E-state index contributed by atoms with van der Waals surface area (Å²) in [6.07, 6.45) is 1.32. The second-order valence-corrected chi connectivity index (χ2v) is 6.93. The van der Waals surface area contributed by atoms with E-state index in [1.807, 2.05) is 0 Å². The summed E-state index contributed by atoms with van der Waals surface area (Å²) in [5, 5.41) is 29.7. The van der Waals surface area contributed by atoms with Gasteiger partial charge in [-0.25, -0.2) is 4.79 Å². The van der Waals surface area contributed by atoms with E-state index >= 15 is 0 Å². The highest BCUT2D eigenvalue weighted by Gasteiger charge is 2.41. The molecule has 1 aromatic rings. The van der Waals surface area contributed by atoms with Crippen molar-refractivity contribution in [3.05, 3.63) is 34.4 Å². The fourth-order valence-corrected chi connectivity index (χ4v) is 3.27. The molecule has 4 atom stereocenters. The number of hydrogen-bond donors (Lipinski definition) is 3. The summed E-state index contributed by atoms with van der Waals surface area (Å²) in [5.74, 6) is -2.26. The number of carbonyl (C=O) groups excluding carboxylic acids is 2. The van der Waals surface area contributed by atoms with Crippen molar-refractivity contribution < 1.29 is 34.4 Å². The highest BCUT2D eigenvalue weighted by Crippen LogP contribution is 2.38. The number of hydrogen-bond acceptors (Lipinski definition) is 7. The average molecular weight is 383 g/mol. The maximum atomic E-state index is 12.5. The standard InChI is InChI=1S/C18H19ClO7/c1-8-4-14-15(26-14)6-10(21)3-2-9(20)5-11-16(18(24)25-8)12(22)7-13(23)17(11)19/h2-3,7-8,10,14-15,21-23H,4-6H2,1H3/b3-2+/t8-,10+,14+,15+/m0/s1. The minimum atomic E-state index is -0.845. The number of ether oxygens (including phenoxy) is 2. The van der Waals surface area contributed by atoms with Gasteiger partial charge in [-0.2, -0.15) is 0 Å². The van der Waals surface area contributed by atoms with Crippen LogP contribution in [0.15, 0.2) is 18.2 Å². The number of phenols is 2. The molecule has 140 valence electrons. The van der Waals surface area contributed by atoms with Crippen LogP contribution in [0.5, 0.6) is 11.5 Å². The summed E-state index contributed by atoms with van der Waals surface area (Å²) in [5.41, 5.74) is -0.282. The third-order valence-corrected chi connectivity index (χ3v) is 4.84. The average Bonchev–Trinajstić information content (AvgIpc) is 3.26. The Kier molecular flexibility index (Phi) is 5.22. The number of ketones is 1. The smallest absolute Gasteiger partial charge is 0.342 e. The number of rotatable bonds is 0. The number of aromatic hydroxyl groups is 2. The Morgan fingerprint density at radius 2 is 1.85 bits per heavy atom. The van der Waals surface area contributed by atoms with Gasteiger partial charge in [0.25, 0.3) is 0 Å². The molecule has 0 unspecified atom stereocenters. The number of aliphatic hydroxyl groups excluding tert-OH is 1. The van der Waals surface area contributed by atoms with Gasteiger partial charge in [0.1, 0.15) is 23.2 Å². The molecule has 0 saturated carbocycles. The third kappa shape index (κ3) is 4.00. The van der Waals surface area contributed by atoms with Crippen molar-refractivity contribution in [3.8, 4) is 11.5 Å². The molecular weight excluding hydrogens is 364 g/mol. The lowest BCUT2D eigenvalue weighted by Gasteiger charge is -2.17. The molecule has 3 N–H and O–H groups in total. The number of benzene rings is 1. The topological polar surface area (TPSA) is 117 Å². The van der Waals surface area contributed by atoms with Crippen LogP contribution in [0.25, 0.3) is 0 Å². The van der Waals surface area contributed by atoms with Crippen LogP contribution in [-0.4, -0.2) is 51.5 Å². The first-order chi connectivity index (χ1) is 12.3. The number of fused-ring (bicyclic) bond motifs is 2. The van der Waals surface area contributed by atoms with E-state index in [1.165, 1.54) is 12.2 Å². The van der Waals surface area contributed by atoms with E-state index in [9.17, 15) is 24.9 Å². The summed E-state index contributed by atoms with van der Waals surface area (Å²) in [6, 6.07) is 0.931. The number of epoxide rings is 1. The van der Waals surface area contributed by atoms with Gasteiger partial charge in [0.05, 0.1) is 23.3 Å². The number of aliphatic hydroxyl groups is 1. The molecular formula is C18H19ClO7. The highest BCUT2D eigenvalue weighted by atomic mass is 35.5. The molecule has 0 bridgehead atoms. The zero-order valence-electron chi connectivity index (χ0n) is 14.0. The number of halogens is 1. The fraction of sp³-hybridized carbons (Fsp3) is 0.444. The van der Waals surface area contributed by atoms with Gasteiger partial charge >= 0.3 is 5.97 Å². The van der Waals surface area contributed by atoms with Crippen LogP contribution in [0.3, 0.4) is 0 Å². The fourth-order valence-electron chi connectivity index (χ4n) is 3.06. The van der Waals surface area contributed by atoms with E-state index < -0.39 is 35.5 Å². The molecule has 26 heavy (non-hydrogen) atoms. The van der Waals surface area contributed by atoms with Gasteiger partial charge in [0.2, 0.25) is 0 Å². The molecule has 3 rings (SSSR count). The Morgan fingerprint density at radius 3 is 2.58 bits per heavy atom. The minimum Gasteiger partial charge on any atom is -0.507 e. The van der Waals surface area contributed by atoms with Crippen LogP contribution in [-0.2, 0) is 20.7 Å². The van der Waals surface area contributed by atoms with Crippen LogP contribution in [0.1, 0.15) is 35.7 Å². The number of phenolic OH excluding ortho intramolecular Hbond substituents is 2. The second-order valence-electron chi connectivity index (χ2n) is 6.55. The Morgan fingerprint density at radius 1 is 1.15 bits per heavy atom. The van der Waals surface area contributed by atoms with E-state index in [4.69, 9.17) is 21.1 Å². The van der Waals surface area contributed by atoms with Crippen LogP contribution in [0.2, 0.25) is 5.02 Å². The molecule has 7 nitrogen and oxygen atoms in total. The molecule has 0 spiro atoms. The zero-order chi connectivity index (χ0) is 19.0. The first-order valence-electron chi connectivity index (χ1n) is 8.25. The number of allylic oxidation sites excluding steroid dienone is 1. The second kappa shape index (κ2) is 7.26. The van der Waals surface area contributed by atoms with Crippen LogP contribution < -0.4 is 0 Å². The molecule has 0 aromatic heterocycles. The van der Waals surface area contributed by atoms with Crippen LogP contribution in [0, 0.1) is 0 Å². The molecule has 1 saturated heterocycles. The molecule has 8 heteroatoms. The van der Waals surface area contributed by atoms with Gasteiger partial charge in [-0.05, 0) is 13.0 Å². The Labute approximate surface area is 154 Å². The largest absolute Gasteiger partial charge is 0.507 e. The summed E-state index contributed by atoms with van der Waals surface area (Å²) >= 11 is 6.05.